The molecule has 3 unspecified atom stereocenters. The van der Waals surface area contributed by atoms with Gasteiger partial charge in [0.25, 0.3) is 0 Å². The van der Waals surface area contributed by atoms with E-state index in [0.717, 1.165) is 122 Å². The summed E-state index contributed by atoms with van der Waals surface area (Å²) in [5, 5.41) is 9.86. The van der Waals surface area contributed by atoms with Crippen LogP contribution in [-0.4, -0.2) is 66.5 Å². The molecule has 474 valence electrons. The van der Waals surface area contributed by atoms with Gasteiger partial charge in [-0.25, -0.2) is 4.57 Å². The van der Waals surface area contributed by atoms with Crippen LogP contribution in [-0.2, 0) is 42.2 Å². The maximum Gasteiger partial charge on any atom is 0.472 e. The standard InChI is InChI=1S/C70H123O11P/c1-4-7-10-13-16-19-22-25-28-31-33-36-38-41-44-47-50-53-56-59-68(72)77-63-67(81-70(74)61-58-55-52-49-46-43-40-37-34-32-29-26-23-20-17-14-11-8-5-2)65-79-82(75,76)78-64-66(62-71)80-69(73)60-57-54-51-48-45-42-39-35-30-27-24-21-18-15-12-9-6-3/h9,12,17-18,20-21,26-27,29-30,34,37,39,42,66-67,71H,4-8,10-11,13-16,19,22-25,28,31-33,35-36,38,40-41,43-65H2,1-3H3,(H,75,76)/b12-9-,20-17-,21-18-,29-26-,30-27-,37-34-,42-39-. The van der Waals surface area contributed by atoms with Crippen molar-refractivity contribution in [2.75, 3.05) is 26.4 Å². The van der Waals surface area contributed by atoms with Gasteiger partial charge in [-0.15, -0.1) is 0 Å². The van der Waals surface area contributed by atoms with E-state index in [1.165, 1.54) is 122 Å². The van der Waals surface area contributed by atoms with E-state index < -0.39 is 57.8 Å². The summed E-state index contributed by atoms with van der Waals surface area (Å²) < 4.78 is 39.7. The summed E-state index contributed by atoms with van der Waals surface area (Å²) in [6, 6.07) is 0. The Morgan fingerprint density at radius 1 is 0.354 bits per heavy atom. The monoisotopic (exact) mass is 1170 g/mol. The number of hydrogen-bond acceptors (Lipinski definition) is 10. The second-order valence-corrected chi connectivity index (χ2v) is 23.7. The number of rotatable bonds is 62. The Bertz CT molecular complexity index is 1700. The van der Waals surface area contributed by atoms with Gasteiger partial charge in [-0.05, 0) is 96.3 Å². The number of carbonyl (C=O) groups excluding carboxylic acids is 3. The van der Waals surface area contributed by atoms with Crippen molar-refractivity contribution in [3.63, 3.8) is 0 Å². The zero-order valence-corrected chi connectivity index (χ0v) is 53.6. The lowest BCUT2D eigenvalue weighted by Gasteiger charge is -2.21. The van der Waals surface area contributed by atoms with Gasteiger partial charge >= 0.3 is 25.7 Å². The highest BCUT2D eigenvalue weighted by molar-refractivity contribution is 7.47. The van der Waals surface area contributed by atoms with Crippen LogP contribution in [0, 0.1) is 0 Å². The van der Waals surface area contributed by atoms with E-state index in [1.807, 2.05) is 0 Å². The average Bonchev–Trinajstić information content (AvgIpc) is 3.49. The second-order valence-electron chi connectivity index (χ2n) is 22.3. The van der Waals surface area contributed by atoms with Gasteiger partial charge < -0.3 is 24.2 Å². The van der Waals surface area contributed by atoms with Gasteiger partial charge in [0, 0.05) is 19.3 Å². The summed E-state index contributed by atoms with van der Waals surface area (Å²) in [6.07, 6.45) is 75.3. The normalized spacial score (nSPS) is 13.8. The van der Waals surface area contributed by atoms with Crippen molar-refractivity contribution in [2.45, 2.75) is 315 Å². The molecule has 11 nitrogen and oxygen atoms in total. The molecule has 2 N–H and O–H groups in total. The minimum absolute atomic E-state index is 0.146. The van der Waals surface area contributed by atoms with Gasteiger partial charge in [-0.1, -0.05) is 273 Å². The Kier molecular flexibility index (Phi) is 61.1. The molecule has 0 aromatic carbocycles. The van der Waals surface area contributed by atoms with Gasteiger partial charge in [0.15, 0.2) is 6.10 Å². The summed E-state index contributed by atoms with van der Waals surface area (Å²) >= 11 is 0. The second kappa shape index (κ2) is 63.7. The van der Waals surface area contributed by atoms with Crippen molar-refractivity contribution in [2.24, 2.45) is 0 Å². The molecule has 12 heteroatoms. The molecule has 0 saturated carbocycles. The number of carbonyl (C=O) groups is 3. The number of hydrogen-bond donors (Lipinski definition) is 2. The van der Waals surface area contributed by atoms with Gasteiger partial charge in [-0.2, -0.15) is 0 Å². The van der Waals surface area contributed by atoms with E-state index in [1.54, 1.807) is 0 Å². The Hall–Kier alpha value is -3.34. The maximum absolute atomic E-state index is 13.0. The third kappa shape index (κ3) is 61.2. The van der Waals surface area contributed by atoms with Crippen molar-refractivity contribution in [1.82, 2.24) is 0 Å². The first-order valence-corrected chi connectivity index (χ1v) is 35.0. The van der Waals surface area contributed by atoms with Crippen LogP contribution in [0.1, 0.15) is 303 Å². The molecule has 0 aliphatic rings. The molecule has 0 aliphatic carbocycles. The molecule has 0 aliphatic heterocycles. The minimum Gasteiger partial charge on any atom is -0.462 e. The molecule has 0 rings (SSSR count). The van der Waals surface area contributed by atoms with Crippen LogP contribution in [0.4, 0.5) is 0 Å². The Balaban J connectivity index is 4.73. The molecule has 0 radical (unpaired) electrons. The SMILES string of the molecule is CC/C=C\C/C=C\C/C=C\C/C=C\CCCCCCC(=O)OC(CO)COP(=O)(O)OCC(COC(=O)CCCCCCCCCCCCCCCCCCCCC)OC(=O)CCCCCCCC/C=C\C/C=C\C/C=C\CCCCC. The summed E-state index contributed by atoms with van der Waals surface area (Å²) in [6.45, 7) is 4.51. The van der Waals surface area contributed by atoms with E-state index in [2.05, 4.69) is 106 Å². The molecule has 0 bridgehead atoms. The van der Waals surface area contributed by atoms with Crippen LogP contribution in [0.25, 0.3) is 0 Å². The molecule has 0 saturated heterocycles. The number of phosphoric acid groups is 1. The van der Waals surface area contributed by atoms with Crippen LogP contribution < -0.4 is 0 Å². The van der Waals surface area contributed by atoms with Gasteiger partial charge in [-0.3, -0.25) is 23.4 Å². The molecule has 0 aromatic rings. The van der Waals surface area contributed by atoms with Crippen molar-refractivity contribution in [3.05, 3.63) is 85.1 Å². The van der Waals surface area contributed by atoms with Gasteiger partial charge in [0.05, 0.1) is 19.8 Å². The molecule has 0 heterocycles. The lowest BCUT2D eigenvalue weighted by atomic mass is 10.0. The third-order valence-electron chi connectivity index (χ3n) is 14.3. The number of phosphoric ester groups is 1. The summed E-state index contributed by atoms with van der Waals surface area (Å²) in [5.74, 6) is -1.49. The number of ether oxygens (including phenoxy) is 3. The van der Waals surface area contributed by atoms with E-state index in [-0.39, 0.29) is 25.9 Å². The molecule has 0 spiro atoms. The Morgan fingerprint density at radius 3 is 1.00 bits per heavy atom. The van der Waals surface area contributed by atoms with E-state index >= 15 is 0 Å². The third-order valence-corrected chi connectivity index (χ3v) is 15.3. The molecule has 82 heavy (non-hydrogen) atoms. The number of aliphatic hydroxyl groups excluding tert-OH is 1. The zero-order chi connectivity index (χ0) is 59.8. The van der Waals surface area contributed by atoms with E-state index in [9.17, 15) is 28.9 Å². The fourth-order valence-corrected chi connectivity index (χ4v) is 10.0. The summed E-state index contributed by atoms with van der Waals surface area (Å²) in [5.41, 5.74) is 0. The molecular weight excluding hydrogens is 1050 g/mol. The summed E-state index contributed by atoms with van der Waals surface area (Å²) in [4.78, 5) is 48.8. The van der Waals surface area contributed by atoms with Crippen molar-refractivity contribution in [1.29, 1.82) is 0 Å². The first-order valence-electron chi connectivity index (χ1n) is 33.5. The molecule has 3 atom stereocenters. The van der Waals surface area contributed by atoms with E-state index in [0.29, 0.717) is 19.3 Å². The highest BCUT2D eigenvalue weighted by Gasteiger charge is 2.28. The lowest BCUT2D eigenvalue weighted by Crippen LogP contribution is -2.30. The molecule has 0 amide bonds. The Labute approximate surface area is 502 Å². The van der Waals surface area contributed by atoms with Crippen molar-refractivity contribution >= 4 is 25.7 Å². The number of aliphatic hydroxyl groups is 1. The van der Waals surface area contributed by atoms with Crippen LogP contribution >= 0.6 is 7.82 Å². The summed E-state index contributed by atoms with van der Waals surface area (Å²) in [7, 11) is -4.77. The highest BCUT2D eigenvalue weighted by Crippen LogP contribution is 2.43. The minimum atomic E-state index is -4.77. The van der Waals surface area contributed by atoms with E-state index in [4.69, 9.17) is 23.3 Å². The first kappa shape index (κ1) is 78.7. The quantitative estimate of drug-likeness (QED) is 0.0197. The van der Waals surface area contributed by atoms with Crippen LogP contribution in [0.3, 0.4) is 0 Å². The van der Waals surface area contributed by atoms with Crippen LogP contribution in [0.5, 0.6) is 0 Å². The molecule has 0 fully saturated rings. The largest absolute Gasteiger partial charge is 0.472 e. The van der Waals surface area contributed by atoms with Crippen LogP contribution in [0.15, 0.2) is 85.1 Å². The van der Waals surface area contributed by atoms with Crippen molar-refractivity contribution in [3.8, 4) is 0 Å². The smallest absolute Gasteiger partial charge is 0.462 e. The average molecular weight is 1170 g/mol. The zero-order valence-electron chi connectivity index (χ0n) is 52.7. The topological polar surface area (TPSA) is 155 Å². The predicted molar refractivity (Wildman–Crippen MR) is 344 cm³/mol. The van der Waals surface area contributed by atoms with Gasteiger partial charge in [0.1, 0.15) is 12.7 Å². The number of allylic oxidation sites excluding steroid dienone is 14. The highest BCUT2D eigenvalue weighted by atomic mass is 31.2. The van der Waals surface area contributed by atoms with Gasteiger partial charge in [0.2, 0.25) is 0 Å². The Morgan fingerprint density at radius 2 is 0.634 bits per heavy atom. The fraction of sp³-hybridized carbons (Fsp3) is 0.757. The number of unbranched alkanes of at least 4 members (excludes halogenated alkanes) is 31. The maximum atomic E-state index is 13.0. The first-order chi connectivity index (χ1) is 40.2. The fourth-order valence-electron chi connectivity index (χ4n) is 9.24. The molecular formula is C70H123O11P. The molecule has 0 aromatic heterocycles. The lowest BCUT2D eigenvalue weighted by molar-refractivity contribution is -0.161. The van der Waals surface area contributed by atoms with Crippen molar-refractivity contribution < 1.29 is 52.2 Å². The number of esters is 3. The predicted octanol–water partition coefficient (Wildman–Crippen LogP) is 20.6. The van der Waals surface area contributed by atoms with Crippen LogP contribution in [0.2, 0.25) is 0 Å².